The van der Waals surface area contributed by atoms with E-state index in [2.05, 4.69) is 265 Å². The quantitative estimate of drug-likeness (QED) is 0.166. The molecule has 0 saturated heterocycles. The summed E-state index contributed by atoms with van der Waals surface area (Å²) >= 11 is 0. The van der Waals surface area contributed by atoms with Crippen molar-refractivity contribution in [1.82, 2.24) is 0 Å². The second-order valence-electron chi connectivity index (χ2n) is 20.7. The Kier molecular flexibility index (Phi) is 8.73. The molecule has 0 N–H and O–H groups in total. The lowest BCUT2D eigenvalue weighted by Gasteiger charge is -2.32. The molecule has 2 heterocycles. The molecule has 0 aliphatic heterocycles. The third-order valence-corrected chi connectivity index (χ3v) is 16.8. The number of anilines is 6. The SMILES string of the molecule is c1ccc(N(c2ccc3cc4c(cc3c2)C2(c3ccccc3-c3c2ccc2ccccc32)c2c-4ccc3cc(N(c4ccccc4)c4cccc5oc6ccccc6c45)ccc23)c2cccc3oc4ccccc4c23)cc1. The van der Waals surface area contributed by atoms with E-state index in [1.165, 1.54) is 76.8 Å². The van der Waals surface area contributed by atoms with Gasteiger partial charge >= 0.3 is 0 Å². The lowest BCUT2D eigenvalue weighted by Crippen LogP contribution is -2.26. The number of para-hydroxylation sites is 4. The highest BCUT2D eigenvalue weighted by atomic mass is 16.3. The highest BCUT2D eigenvalue weighted by Gasteiger charge is 2.53. The van der Waals surface area contributed by atoms with E-state index in [1.807, 2.05) is 12.1 Å². The van der Waals surface area contributed by atoms with E-state index in [1.54, 1.807) is 0 Å². The molecule has 2 aromatic heterocycles. The predicted molar refractivity (Wildman–Crippen MR) is 319 cm³/mol. The fourth-order valence-electron chi connectivity index (χ4n) is 13.7. The van der Waals surface area contributed by atoms with Crippen LogP contribution in [0.3, 0.4) is 0 Å². The Labute approximate surface area is 443 Å². The third-order valence-electron chi connectivity index (χ3n) is 16.8. The summed E-state index contributed by atoms with van der Waals surface area (Å²) in [4.78, 5) is 4.79. The first-order valence-electron chi connectivity index (χ1n) is 26.5. The van der Waals surface area contributed by atoms with Crippen LogP contribution in [0.4, 0.5) is 34.1 Å². The standard InChI is InChI=1S/C73H44N2O2/c1-3-18-49(19-4-1)74(63-27-15-31-67-70(63)57-24-10-13-29-65(57)76-67)51-36-33-46-43-59-55-38-34-47-41-52(75(50-20-5-2-6-21-50)64-28-16-32-68-71(64)58-25-11-14-30-66(58)77-68)37-39-54(47)72(55)73(62(59)44-48(46)42-51)60-26-12-9-23-56(60)69-53-22-8-7-17-45(53)35-40-61(69)73/h1-44H. The molecule has 2 aliphatic carbocycles. The largest absolute Gasteiger partial charge is 0.456 e. The van der Waals surface area contributed by atoms with Crippen molar-refractivity contribution >= 4 is 110 Å². The predicted octanol–water partition coefficient (Wildman–Crippen LogP) is 20.2. The maximum atomic E-state index is 6.49. The van der Waals surface area contributed by atoms with Gasteiger partial charge in [0.25, 0.3) is 0 Å². The molecule has 1 unspecified atom stereocenters. The van der Waals surface area contributed by atoms with E-state index in [-0.39, 0.29) is 0 Å². The molecule has 0 amide bonds. The lowest BCUT2D eigenvalue weighted by molar-refractivity contribution is 0.668. The van der Waals surface area contributed by atoms with Crippen molar-refractivity contribution in [1.29, 1.82) is 0 Å². The zero-order valence-corrected chi connectivity index (χ0v) is 41.6. The lowest BCUT2D eigenvalue weighted by atomic mass is 9.69. The Balaban J connectivity index is 0.921. The molecule has 2 aliphatic rings. The second kappa shape index (κ2) is 15.9. The summed E-state index contributed by atoms with van der Waals surface area (Å²) in [6, 6.07) is 97.8. The first-order valence-corrected chi connectivity index (χ1v) is 26.5. The van der Waals surface area contributed by atoms with Gasteiger partial charge in [0, 0.05) is 33.5 Å². The maximum absolute atomic E-state index is 6.49. The summed E-state index contributed by atoms with van der Waals surface area (Å²) in [5.41, 5.74) is 19.7. The van der Waals surface area contributed by atoms with Gasteiger partial charge < -0.3 is 18.6 Å². The molecule has 17 rings (SSSR count). The fourth-order valence-corrected chi connectivity index (χ4v) is 13.7. The molecule has 77 heavy (non-hydrogen) atoms. The third kappa shape index (κ3) is 5.87. The van der Waals surface area contributed by atoms with Crippen LogP contribution in [0.2, 0.25) is 0 Å². The van der Waals surface area contributed by atoms with Crippen LogP contribution >= 0.6 is 0 Å². The summed E-state index contributed by atoms with van der Waals surface area (Å²) in [7, 11) is 0. The van der Waals surface area contributed by atoms with E-state index in [0.29, 0.717) is 0 Å². The van der Waals surface area contributed by atoms with Crippen molar-refractivity contribution in [3.8, 4) is 22.3 Å². The van der Waals surface area contributed by atoms with Crippen molar-refractivity contribution < 1.29 is 8.83 Å². The number of hydrogen-bond acceptors (Lipinski definition) is 4. The fraction of sp³-hybridized carbons (Fsp3) is 0.0137. The van der Waals surface area contributed by atoms with Gasteiger partial charge in [0.2, 0.25) is 0 Å². The molecule has 0 fully saturated rings. The summed E-state index contributed by atoms with van der Waals surface area (Å²) in [6.07, 6.45) is 0. The highest BCUT2D eigenvalue weighted by Crippen LogP contribution is 2.66. The molecule has 1 atom stereocenters. The van der Waals surface area contributed by atoms with Crippen LogP contribution in [0, 0.1) is 0 Å². The van der Waals surface area contributed by atoms with Gasteiger partial charge in [0.15, 0.2) is 0 Å². The second-order valence-corrected chi connectivity index (χ2v) is 20.7. The Hall–Kier alpha value is -10.2. The summed E-state index contributed by atoms with van der Waals surface area (Å²) < 4.78 is 13.0. The van der Waals surface area contributed by atoms with Gasteiger partial charge in [-0.15, -0.1) is 0 Å². The number of rotatable bonds is 6. The molecule has 1 spiro atoms. The molecule has 0 radical (unpaired) electrons. The van der Waals surface area contributed by atoms with Crippen molar-refractivity contribution in [3.63, 3.8) is 0 Å². The Bertz CT molecular complexity index is 4950. The van der Waals surface area contributed by atoms with Gasteiger partial charge in [0.1, 0.15) is 22.3 Å². The van der Waals surface area contributed by atoms with Crippen LogP contribution < -0.4 is 9.80 Å². The van der Waals surface area contributed by atoms with Crippen molar-refractivity contribution in [2.45, 2.75) is 5.41 Å². The van der Waals surface area contributed by atoms with E-state index in [0.717, 1.165) is 78.0 Å². The topological polar surface area (TPSA) is 32.8 Å². The molecule has 4 nitrogen and oxygen atoms in total. The number of nitrogens with zero attached hydrogens (tertiary/aromatic N) is 2. The Morgan fingerprint density at radius 3 is 1.51 bits per heavy atom. The van der Waals surface area contributed by atoms with Gasteiger partial charge in [-0.2, -0.15) is 0 Å². The number of furan rings is 2. The Morgan fingerprint density at radius 1 is 0.273 bits per heavy atom. The smallest absolute Gasteiger partial charge is 0.137 e. The average Bonchev–Trinajstić information content (AvgIpc) is 4.27. The minimum Gasteiger partial charge on any atom is -0.456 e. The Morgan fingerprint density at radius 2 is 0.818 bits per heavy atom. The van der Waals surface area contributed by atoms with E-state index < -0.39 is 5.41 Å². The highest BCUT2D eigenvalue weighted by molar-refractivity contribution is 6.16. The first-order chi connectivity index (χ1) is 38.2. The minimum atomic E-state index is -0.632. The molecule has 0 saturated carbocycles. The minimum absolute atomic E-state index is 0.632. The van der Waals surface area contributed by atoms with Gasteiger partial charge in [-0.3, -0.25) is 0 Å². The van der Waals surface area contributed by atoms with Gasteiger partial charge in [-0.05, 0) is 174 Å². The van der Waals surface area contributed by atoms with E-state index in [9.17, 15) is 0 Å². The normalized spacial score (nSPS) is 14.3. The van der Waals surface area contributed by atoms with Crippen molar-refractivity contribution in [3.05, 3.63) is 289 Å². The number of hydrogen-bond donors (Lipinski definition) is 0. The van der Waals surface area contributed by atoms with Crippen LogP contribution in [-0.4, -0.2) is 0 Å². The van der Waals surface area contributed by atoms with E-state index in [4.69, 9.17) is 8.83 Å². The molecule has 15 aromatic rings. The first kappa shape index (κ1) is 42.2. The summed E-state index contributed by atoms with van der Waals surface area (Å²) in [5, 5.41) is 11.7. The molecular weight excluding hydrogens is 937 g/mol. The zero-order valence-electron chi connectivity index (χ0n) is 41.6. The summed E-state index contributed by atoms with van der Waals surface area (Å²) in [6.45, 7) is 0. The van der Waals surface area contributed by atoms with Gasteiger partial charge in [0.05, 0.1) is 27.6 Å². The van der Waals surface area contributed by atoms with Gasteiger partial charge in [-0.25, -0.2) is 0 Å². The van der Waals surface area contributed by atoms with Crippen LogP contribution in [0.15, 0.2) is 276 Å². The van der Waals surface area contributed by atoms with Crippen molar-refractivity contribution in [2.75, 3.05) is 9.80 Å². The molecule has 4 heteroatoms. The summed E-state index contributed by atoms with van der Waals surface area (Å²) in [5.74, 6) is 0. The van der Waals surface area contributed by atoms with Crippen LogP contribution in [0.25, 0.3) is 98.4 Å². The molecular formula is C73H44N2O2. The zero-order chi connectivity index (χ0) is 50.3. The van der Waals surface area contributed by atoms with Crippen molar-refractivity contribution in [2.24, 2.45) is 0 Å². The monoisotopic (exact) mass is 980 g/mol. The number of benzene rings is 13. The molecule has 0 bridgehead atoms. The maximum Gasteiger partial charge on any atom is 0.137 e. The van der Waals surface area contributed by atoms with Crippen LogP contribution in [0.1, 0.15) is 22.3 Å². The molecule has 13 aromatic carbocycles. The molecule has 358 valence electrons. The number of fused-ring (bicyclic) bond motifs is 21. The van der Waals surface area contributed by atoms with Crippen LogP contribution in [0.5, 0.6) is 0 Å². The average molecular weight is 981 g/mol. The van der Waals surface area contributed by atoms with Gasteiger partial charge in [-0.1, -0.05) is 170 Å². The van der Waals surface area contributed by atoms with Crippen LogP contribution in [-0.2, 0) is 5.41 Å². The van der Waals surface area contributed by atoms with E-state index >= 15 is 0 Å².